The molecule has 2 N–H and O–H groups in total. The maximum absolute atomic E-state index is 4.74. The van der Waals surface area contributed by atoms with E-state index in [0.29, 0.717) is 0 Å². The maximum Gasteiger partial charge on any atom is 0.191 e. The standard InChI is InChI=1S/C19H26N4S2/c1-20-19(22-13-17-8-5-11-24-17)21-12-16-14-25-18(23-16)10-9-15-6-3-2-4-7-15/h2-4,6-7,14,17H,5,8-13H2,1H3,(H2,20,21,22). The summed E-state index contributed by atoms with van der Waals surface area (Å²) in [6, 6.07) is 10.6. The van der Waals surface area contributed by atoms with Gasteiger partial charge in [-0.3, -0.25) is 4.99 Å². The van der Waals surface area contributed by atoms with Crippen LogP contribution in [0.3, 0.4) is 0 Å². The fourth-order valence-corrected chi connectivity index (χ4v) is 4.85. The Hall–Kier alpha value is -1.53. The van der Waals surface area contributed by atoms with Crippen molar-refractivity contribution >= 4 is 29.1 Å². The molecule has 4 nitrogen and oxygen atoms in total. The van der Waals surface area contributed by atoms with E-state index in [0.717, 1.165) is 42.8 Å². The number of nitrogens with zero attached hydrogens (tertiary/aromatic N) is 2. The zero-order valence-electron chi connectivity index (χ0n) is 14.7. The quantitative estimate of drug-likeness (QED) is 0.575. The lowest BCUT2D eigenvalue weighted by molar-refractivity contribution is 0.723. The Morgan fingerprint density at radius 3 is 2.88 bits per heavy atom. The number of thioether (sulfide) groups is 1. The summed E-state index contributed by atoms with van der Waals surface area (Å²) in [5.41, 5.74) is 2.46. The molecule has 2 aromatic rings. The minimum Gasteiger partial charge on any atom is -0.355 e. The molecule has 1 fully saturated rings. The molecule has 1 aromatic heterocycles. The minimum atomic E-state index is 0.722. The van der Waals surface area contributed by atoms with Crippen LogP contribution in [0.1, 0.15) is 29.1 Å². The van der Waals surface area contributed by atoms with Crippen molar-refractivity contribution in [1.29, 1.82) is 0 Å². The maximum atomic E-state index is 4.74. The van der Waals surface area contributed by atoms with E-state index in [9.17, 15) is 0 Å². The first kappa shape index (κ1) is 18.3. The lowest BCUT2D eigenvalue weighted by Gasteiger charge is -2.14. The molecular weight excluding hydrogens is 348 g/mol. The van der Waals surface area contributed by atoms with Crippen molar-refractivity contribution < 1.29 is 0 Å². The number of thiazole rings is 1. The molecule has 1 aliphatic rings. The highest BCUT2D eigenvalue weighted by Gasteiger charge is 2.15. The average Bonchev–Trinajstić information content (AvgIpc) is 3.33. The second-order valence-electron chi connectivity index (χ2n) is 6.16. The number of rotatable bonds is 7. The topological polar surface area (TPSA) is 49.3 Å². The second-order valence-corrected chi connectivity index (χ2v) is 8.51. The summed E-state index contributed by atoms with van der Waals surface area (Å²) in [7, 11) is 1.82. The van der Waals surface area contributed by atoms with Crippen molar-refractivity contribution in [2.45, 2.75) is 37.5 Å². The van der Waals surface area contributed by atoms with Gasteiger partial charge in [0, 0.05) is 30.6 Å². The molecule has 0 saturated carbocycles. The molecule has 0 amide bonds. The predicted molar refractivity (Wildman–Crippen MR) is 110 cm³/mol. The molecule has 1 aromatic carbocycles. The molecule has 134 valence electrons. The molecule has 0 spiro atoms. The van der Waals surface area contributed by atoms with Gasteiger partial charge in [-0.15, -0.1) is 11.3 Å². The van der Waals surface area contributed by atoms with Gasteiger partial charge >= 0.3 is 0 Å². The fourth-order valence-electron chi connectivity index (χ4n) is 2.85. The smallest absolute Gasteiger partial charge is 0.191 e. The number of guanidine groups is 1. The highest BCUT2D eigenvalue weighted by molar-refractivity contribution is 8.00. The summed E-state index contributed by atoms with van der Waals surface area (Å²) in [5.74, 6) is 2.16. The number of nitrogens with one attached hydrogen (secondary N) is 2. The summed E-state index contributed by atoms with van der Waals surface area (Å²) in [6.07, 6.45) is 4.70. The first-order valence-electron chi connectivity index (χ1n) is 8.87. The van der Waals surface area contributed by atoms with Gasteiger partial charge in [0.15, 0.2) is 5.96 Å². The van der Waals surface area contributed by atoms with Crippen molar-refractivity contribution in [3.05, 3.63) is 52.0 Å². The molecule has 1 atom stereocenters. The van der Waals surface area contributed by atoms with Crippen LogP contribution in [0.15, 0.2) is 40.7 Å². The predicted octanol–water partition coefficient (Wildman–Crippen LogP) is 3.49. The van der Waals surface area contributed by atoms with E-state index in [1.165, 1.54) is 29.2 Å². The normalized spacial score (nSPS) is 17.6. The Labute approximate surface area is 158 Å². The Balaban J connectivity index is 1.41. The molecule has 3 rings (SSSR count). The molecule has 0 aliphatic carbocycles. The van der Waals surface area contributed by atoms with Crippen LogP contribution < -0.4 is 10.6 Å². The van der Waals surface area contributed by atoms with Crippen LogP contribution in [0.25, 0.3) is 0 Å². The largest absolute Gasteiger partial charge is 0.355 e. The SMILES string of the molecule is CN=C(NCc1csc(CCc2ccccc2)n1)NCC1CCCS1. The van der Waals surface area contributed by atoms with E-state index >= 15 is 0 Å². The summed E-state index contributed by atoms with van der Waals surface area (Å²) >= 11 is 3.81. The molecule has 0 bridgehead atoms. The van der Waals surface area contributed by atoms with Gasteiger partial charge in [-0.05, 0) is 30.6 Å². The highest BCUT2D eigenvalue weighted by atomic mass is 32.2. The zero-order chi connectivity index (χ0) is 17.3. The van der Waals surface area contributed by atoms with Gasteiger partial charge in [-0.25, -0.2) is 4.98 Å². The summed E-state index contributed by atoms with van der Waals surface area (Å²) in [4.78, 5) is 9.05. The summed E-state index contributed by atoms with van der Waals surface area (Å²) in [5, 5.41) is 10.9. The van der Waals surface area contributed by atoms with E-state index < -0.39 is 0 Å². The Kier molecular flexibility index (Phi) is 7.18. The van der Waals surface area contributed by atoms with E-state index in [-0.39, 0.29) is 0 Å². The monoisotopic (exact) mass is 374 g/mol. The van der Waals surface area contributed by atoms with Gasteiger partial charge < -0.3 is 10.6 Å². The Morgan fingerprint density at radius 2 is 2.12 bits per heavy atom. The number of aromatic nitrogens is 1. The van der Waals surface area contributed by atoms with Gasteiger partial charge in [0.25, 0.3) is 0 Å². The number of benzene rings is 1. The Morgan fingerprint density at radius 1 is 1.24 bits per heavy atom. The molecular formula is C19H26N4S2. The molecule has 1 aliphatic heterocycles. The lowest BCUT2D eigenvalue weighted by atomic mass is 10.1. The van der Waals surface area contributed by atoms with Gasteiger partial charge in [-0.2, -0.15) is 11.8 Å². The van der Waals surface area contributed by atoms with Crippen molar-refractivity contribution in [3.8, 4) is 0 Å². The van der Waals surface area contributed by atoms with Crippen LogP contribution in [0.4, 0.5) is 0 Å². The van der Waals surface area contributed by atoms with Crippen molar-refractivity contribution in [3.63, 3.8) is 0 Å². The van der Waals surface area contributed by atoms with Gasteiger partial charge in [0.2, 0.25) is 0 Å². The van der Waals surface area contributed by atoms with Crippen molar-refractivity contribution in [1.82, 2.24) is 15.6 Å². The minimum absolute atomic E-state index is 0.722. The van der Waals surface area contributed by atoms with E-state index in [1.807, 2.05) is 7.05 Å². The zero-order valence-corrected chi connectivity index (χ0v) is 16.3. The van der Waals surface area contributed by atoms with Gasteiger partial charge in [0.05, 0.1) is 17.2 Å². The van der Waals surface area contributed by atoms with E-state index in [4.69, 9.17) is 4.98 Å². The molecule has 2 heterocycles. The van der Waals surface area contributed by atoms with Crippen LogP contribution in [0.5, 0.6) is 0 Å². The third kappa shape index (κ3) is 6.04. The molecule has 6 heteroatoms. The summed E-state index contributed by atoms with van der Waals surface area (Å²) < 4.78 is 0. The lowest BCUT2D eigenvalue weighted by Crippen LogP contribution is -2.39. The van der Waals surface area contributed by atoms with Gasteiger partial charge in [-0.1, -0.05) is 30.3 Å². The highest BCUT2D eigenvalue weighted by Crippen LogP contribution is 2.25. The van der Waals surface area contributed by atoms with E-state index in [2.05, 4.69) is 63.1 Å². The van der Waals surface area contributed by atoms with Crippen LogP contribution in [-0.4, -0.2) is 35.5 Å². The van der Waals surface area contributed by atoms with Crippen LogP contribution in [0, 0.1) is 0 Å². The Bertz CT molecular complexity index is 663. The molecule has 0 radical (unpaired) electrons. The number of hydrogen-bond donors (Lipinski definition) is 2. The molecule has 25 heavy (non-hydrogen) atoms. The molecule has 1 saturated heterocycles. The third-order valence-corrected chi connectivity index (χ3v) is 6.61. The number of aryl methyl sites for hydroxylation is 2. The molecule has 1 unspecified atom stereocenters. The van der Waals surface area contributed by atoms with E-state index in [1.54, 1.807) is 11.3 Å². The third-order valence-electron chi connectivity index (χ3n) is 4.25. The first-order chi connectivity index (χ1) is 12.3. The fraction of sp³-hybridized carbons (Fsp3) is 0.474. The van der Waals surface area contributed by atoms with Crippen LogP contribution in [-0.2, 0) is 19.4 Å². The van der Waals surface area contributed by atoms with Crippen LogP contribution >= 0.6 is 23.1 Å². The first-order valence-corrected chi connectivity index (χ1v) is 10.8. The summed E-state index contributed by atoms with van der Waals surface area (Å²) in [6.45, 7) is 1.71. The van der Waals surface area contributed by atoms with Crippen LogP contribution in [0.2, 0.25) is 0 Å². The second kappa shape index (κ2) is 9.82. The van der Waals surface area contributed by atoms with Gasteiger partial charge in [0.1, 0.15) is 0 Å². The van der Waals surface area contributed by atoms with Crippen molar-refractivity contribution in [2.24, 2.45) is 4.99 Å². The number of aliphatic imine (C=N–C) groups is 1. The average molecular weight is 375 g/mol. The number of hydrogen-bond acceptors (Lipinski definition) is 4. The van der Waals surface area contributed by atoms with Crippen molar-refractivity contribution in [2.75, 3.05) is 19.3 Å².